The normalized spacial score (nSPS) is 16.6. The Hall–Kier alpha value is -1.61. The molecule has 1 saturated heterocycles. The second kappa shape index (κ2) is 5.41. The zero-order chi connectivity index (χ0) is 14.1. The van der Waals surface area contributed by atoms with Crippen LogP contribution in [0.5, 0.6) is 0 Å². The molecular weight excluding hydrogens is 246 g/mol. The van der Waals surface area contributed by atoms with Gasteiger partial charge in [-0.25, -0.2) is 4.98 Å². The minimum Gasteiger partial charge on any atom is -0.331 e. The third-order valence-corrected chi connectivity index (χ3v) is 4.39. The van der Waals surface area contributed by atoms with Gasteiger partial charge in [0.1, 0.15) is 5.82 Å². The van der Waals surface area contributed by atoms with E-state index in [4.69, 9.17) is 4.98 Å². The molecule has 1 fully saturated rings. The van der Waals surface area contributed by atoms with E-state index in [1.165, 1.54) is 41.1 Å². The quantitative estimate of drug-likeness (QED) is 0.907. The monoisotopic (exact) mass is 269 g/mol. The molecule has 106 valence electrons. The summed E-state index contributed by atoms with van der Waals surface area (Å²) < 4.78 is 2.29. The first-order valence-electron chi connectivity index (χ1n) is 7.47. The van der Waals surface area contributed by atoms with Crippen LogP contribution in [0.4, 0.5) is 0 Å². The highest BCUT2D eigenvalue weighted by Gasteiger charge is 2.21. The Morgan fingerprint density at radius 2 is 1.95 bits per heavy atom. The van der Waals surface area contributed by atoms with Crippen LogP contribution in [0, 0.1) is 13.8 Å². The lowest BCUT2D eigenvalue weighted by atomic mass is 9.97. The lowest BCUT2D eigenvalue weighted by Crippen LogP contribution is -2.27. The van der Waals surface area contributed by atoms with Crippen LogP contribution in [-0.4, -0.2) is 22.6 Å². The molecule has 1 aromatic heterocycles. The summed E-state index contributed by atoms with van der Waals surface area (Å²) in [6.07, 6.45) is 4.42. The predicted octanol–water partition coefficient (Wildman–Crippen LogP) is 3.17. The Bertz CT molecular complexity index is 607. The molecule has 0 atom stereocenters. The molecule has 0 saturated carbocycles. The molecule has 0 spiro atoms. The van der Waals surface area contributed by atoms with Crippen LogP contribution in [-0.2, 0) is 7.05 Å². The molecule has 1 aromatic carbocycles. The second-order valence-electron chi connectivity index (χ2n) is 5.90. The first-order chi connectivity index (χ1) is 9.66. The van der Waals surface area contributed by atoms with Crippen LogP contribution in [0.3, 0.4) is 0 Å². The van der Waals surface area contributed by atoms with E-state index in [9.17, 15) is 0 Å². The Labute approximate surface area is 121 Å². The number of hydrogen-bond acceptors (Lipinski definition) is 2. The maximum absolute atomic E-state index is 4.71. The van der Waals surface area contributed by atoms with E-state index in [0.29, 0.717) is 5.92 Å². The Morgan fingerprint density at radius 1 is 1.20 bits per heavy atom. The van der Waals surface area contributed by atoms with Crippen molar-refractivity contribution in [3.63, 3.8) is 0 Å². The molecule has 2 aromatic rings. The van der Waals surface area contributed by atoms with Gasteiger partial charge in [-0.3, -0.25) is 0 Å². The molecule has 0 bridgehead atoms. The van der Waals surface area contributed by atoms with Gasteiger partial charge < -0.3 is 9.88 Å². The molecule has 1 aliphatic rings. The number of piperidine rings is 1. The highest BCUT2D eigenvalue weighted by atomic mass is 15.1. The number of aryl methyl sites for hydroxylation is 2. The third kappa shape index (κ3) is 2.38. The van der Waals surface area contributed by atoms with Gasteiger partial charge in [-0.1, -0.05) is 23.8 Å². The molecule has 2 heterocycles. The summed E-state index contributed by atoms with van der Waals surface area (Å²) in [5, 5.41) is 3.42. The van der Waals surface area contributed by atoms with Gasteiger partial charge in [-0.2, -0.15) is 0 Å². The maximum Gasteiger partial charge on any atom is 0.112 e. The molecule has 0 amide bonds. The van der Waals surface area contributed by atoms with E-state index in [1.54, 1.807) is 0 Å². The molecule has 1 aliphatic heterocycles. The summed E-state index contributed by atoms with van der Waals surface area (Å²) in [7, 11) is 2.15. The van der Waals surface area contributed by atoms with Gasteiger partial charge in [0.05, 0.1) is 11.9 Å². The summed E-state index contributed by atoms with van der Waals surface area (Å²) in [6, 6.07) is 6.64. The minimum absolute atomic E-state index is 0.598. The highest BCUT2D eigenvalue weighted by molar-refractivity contribution is 5.64. The fraction of sp³-hybridized carbons (Fsp3) is 0.471. The van der Waals surface area contributed by atoms with Crippen LogP contribution in [0.2, 0.25) is 0 Å². The van der Waals surface area contributed by atoms with Crippen molar-refractivity contribution in [2.45, 2.75) is 32.6 Å². The summed E-state index contributed by atoms with van der Waals surface area (Å²) in [6.45, 7) is 6.53. The molecule has 1 N–H and O–H groups in total. The zero-order valence-corrected chi connectivity index (χ0v) is 12.6. The van der Waals surface area contributed by atoms with Gasteiger partial charge in [0, 0.05) is 18.5 Å². The molecule has 0 aliphatic carbocycles. The largest absolute Gasteiger partial charge is 0.331 e. The summed E-state index contributed by atoms with van der Waals surface area (Å²) in [5.74, 6) is 1.84. The molecule has 0 radical (unpaired) electrons. The zero-order valence-electron chi connectivity index (χ0n) is 12.6. The van der Waals surface area contributed by atoms with Gasteiger partial charge >= 0.3 is 0 Å². The van der Waals surface area contributed by atoms with Crippen molar-refractivity contribution in [1.82, 2.24) is 14.9 Å². The van der Waals surface area contributed by atoms with Crippen LogP contribution < -0.4 is 5.32 Å². The topological polar surface area (TPSA) is 29.9 Å². The van der Waals surface area contributed by atoms with E-state index in [2.05, 4.69) is 49.0 Å². The van der Waals surface area contributed by atoms with E-state index >= 15 is 0 Å². The van der Waals surface area contributed by atoms with E-state index in [0.717, 1.165) is 13.1 Å². The predicted molar refractivity (Wildman–Crippen MR) is 83.0 cm³/mol. The van der Waals surface area contributed by atoms with Crippen LogP contribution in [0.1, 0.15) is 35.7 Å². The van der Waals surface area contributed by atoms with Crippen molar-refractivity contribution >= 4 is 0 Å². The number of benzene rings is 1. The summed E-state index contributed by atoms with van der Waals surface area (Å²) in [5.41, 5.74) is 5.17. The summed E-state index contributed by atoms with van der Waals surface area (Å²) in [4.78, 5) is 4.71. The smallest absolute Gasteiger partial charge is 0.112 e. The van der Waals surface area contributed by atoms with Crippen molar-refractivity contribution < 1.29 is 0 Å². The number of imidazole rings is 1. The summed E-state index contributed by atoms with van der Waals surface area (Å²) >= 11 is 0. The Kier molecular flexibility index (Phi) is 3.62. The fourth-order valence-electron chi connectivity index (χ4n) is 3.23. The highest BCUT2D eigenvalue weighted by Crippen LogP contribution is 2.29. The number of nitrogens with one attached hydrogen (secondary N) is 1. The molecular formula is C17H23N3. The van der Waals surface area contributed by atoms with Crippen molar-refractivity contribution in [2.24, 2.45) is 7.05 Å². The molecule has 3 heteroatoms. The number of hydrogen-bond donors (Lipinski definition) is 1. The van der Waals surface area contributed by atoms with Crippen LogP contribution in [0.25, 0.3) is 11.3 Å². The lowest BCUT2D eigenvalue weighted by Gasteiger charge is -2.22. The van der Waals surface area contributed by atoms with Gasteiger partial charge in [0.15, 0.2) is 0 Å². The second-order valence-corrected chi connectivity index (χ2v) is 5.90. The van der Waals surface area contributed by atoms with E-state index in [-0.39, 0.29) is 0 Å². The Balaban J connectivity index is 1.97. The molecule has 3 rings (SSSR count). The van der Waals surface area contributed by atoms with Crippen molar-refractivity contribution in [3.8, 4) is 11.3 Å². The van der Waals surface area contributed by atoms with Crippen molar-refractivity contribution in [1.29, 1.82) is 0 Å². The molecule has 0 unspecified atom stereocenters. The van der Waals surface area contributed by atoms with Gasteiger partial charge in [0.2, 0.25) is 0 Å². The SMILES string of the molecule is Cc1ccc(-c2cnc(C3CCNCC3)n2C)c(C)c1. The first kappa shape index (κ1) is 13.4. The van der Waals surface area contributed by atoms with Crippen LogP contribution >= 0.6 is 0 Å². The van der Waals surface area contributed by atoms with Gasteiger partial charge in [-0.15, -0.1) is 0 Å². The molecule has 20 heavy (non-hydrogen) atoms. The van der Waals surface area contributed by atoms with Gasteiger partial charge in [0.25, 0.3) is 0 Å². The lowest BCUT2D eigenvalue weighted by molar-refractivity contribution is 0.437. The average molecular weight is 269 g/mol. The number of rotatable bonds is 2. The number of aromatic nitrogens is 2. The van der Waals surface area contributed by atoms with Crippen molar-refractivity contribution in [3.05, 3.63) is 41.3 Å². The Morgan fingerprint density at radius 3 is 2.65 bits per heavy atom. The maximum atomic E-state index is 4.71. The van der Waals surface area contributed by atoms with Crippen LogP contribution in [0.15, 0.2) is 24.4 Å². The standard InChI is InChI=1S/C17H23N3/c1-12-4-5-15(13(2)10-12)16-11-19-17(20(16)3)14-6-8-18-9-7-14/h4-5,10-11,14,18H,6-9H2,1-3H3. The van der Waals surface area contributed by atoms with E-state index < -0.39 is 0 Å². The van der Waals surface area contributed by atoms with Crippen molar-refractivity contribution in [2.75, 3.05) is 13.1 Å². The fourth-order valence-corrected chi connectivity index (χ4v) is 3.23. The van der Waals surface area contributed by atoms with E-state index in [1.807, 2.05) is 6.20 Å². The van der Waals surface area contributed by atoms with Gasteiger partial charge in [-0.05, 0) is 45.3 Å². The first-order valence-corrected chi connectivity index (χ1v) is 7.47. The molecule has 3 nitrogen and oxygen atoms in total. The third-order valence-electron chi connectivity index (χ3n) is 4.39. The average Bonchev–Trinajstić information content (AvgIpc) is 2.82. The number of nitrogens with zero attached hydrogens (tertiary/aromatic N) is 2. The minimum atomic E-state index is 0.598.